The summed E-state index contributed by atoms with van der Waals surface area (Å²) in [6.45, 7) is 3.06. The second-order valence-electron chi connectivity index (χ2n) is 7.00. The zero-order valence-corrected chi connectivity index (χ0v) is 17.0. The number of carbonyl (C=O) groups is 2. The first-order chi connectivity index (χ1) is 13.5. The summed E-state index contributed by atoms with van der Waals surface area (Å²) in [5.74, 6) is -0.325. The summed E-state index contributed by atoms with van der Waals surface area (Å²) in [4.78, 5) is 31.7. The molecule has 1 atom stereocenters. The van der Waals surface area contributed by atoms with Gasteiger partial charge in [0, 0.05) is 29.4 Å². The number of aromatic nitrogens is 1. The lowest BCUT2D eigenvalue weighted by Gasteiger charge is -2.32. The number of likely N-dealkylation sites (tertiary alicyclic amines) is 1. The van der Waals surface area contributed by atoms with Crippen LogP contribution in [0, 0.1) is 12.8 Å². The van der Waals surface area contributed by atoms with Crippen molar-refractivity contribution in [2.75, 3.05) is 18.4 Å². The van der Waals surface area contributed by atoms with Gasteiger partial charge in [-0.05, 0) is 62.2 Å². The van der Waals surface area contributed by atoms with Crippen molar-refractivity contribution in [1.82, 2.24) is 9.88 Å². The van der Waals surface area contributed by atoms with Crippen molar-refractivity contribution in [3.05, 3.63) is 58.1 Å². The van der Waals surface area contributed by atoms with Crippen LogP contribution < -0.4 is 5.32 Å². The SMILES string of the molecule is Cc1nc2ccc(NC(=O)[C@@H]3CCCN(C(=O)c4ccc(Cl)cc4)C3)cc2s1. The number of halogens is 1. The maximum absolute atomic E-state index is 12.8. The van der Waals surface area contributed by atoms with Crippen LogP contribution in [0.4, 0.5) is 5.69 Å². The highest BCUT2D eigenvalue weighted by Gasteiger charge is 2.29. The minimum absolute atomic E-state index is 0.0470. The Morgan fingerprint density at radius 3 is 2.79 bits per heavy atom. The fraction of sp³-hybridized carbons (Fsp3) is 0.286. The van der Waals surface area contributed by atoms with Gasteiger partial charge >= 0.3 is 0 Å². The van der Waals surface area contributed by atoms with Gasteiger partial charge in [-0.25, -0.2) is 4.98 Å². The Hall–Kier alpha value is -2.44. The van der Waals surface area contributed by atoms with E-state index in [9.17, 15) is 9.59 Å². The van der Waals surface area contributed by atoms with Crippen molar-refractivity contribution in [3.63, 3.8) is 0 Å². The van der Waals surface area contributed by atoms with E-state index in [0.717, 1.165) is 33.8 Å². The third-order valence-corrected chi connectivity index (χ3v) is 6.12. The average molecular weight is 414 g/mol. The van der Waals surface area contributed by atoms with Gasteiger partial charge < -0.3 is 10.2 Å². The average Bonchev–Trinajstić information content (AvgIpc) is 3.07. The predicted molar refractivity (Wildman–Crippen MR) is 113 cm³/mol. The molecule has 0 bridgehead atoms. The van der Waals surface area contributed by atoms with E-state index >= 15 is 0 Å². The molecule has 1 N–H and O–H groups in total. The highest BCUT2D eigenvalue weighted by atomic mass is 35.5. The van der Waals surface area contributed by atoms with Crippen LogP contribution in [0.5, 0.6) is 0 Å². The monoisotopic (exact) mass is 413 g/mol. The Bertz CT molecular complexity index is 1030. The summed E-state index contributed by atoms with van der Waals surface area (Å²) >= 11 is 7.51. The first-order valence-corrected chi connectivity index (χ1v) is 10.4. The zero-order chi connectivity index (χ0) is 19.7. The second kappa shape index (κ2) is 7.89. The number of rotatable bonds is 3. The number of piperidine rings is 1. The Balaban J connectivity index is 1.43. The van der Waals surface area contributed by atoms with Crippen molar-refractivity contribution >= 4 is 50.7 Å². The van der Waals surface area contributed by atoms with Crippen molar-refractivity contribution in [3.8, 4) is 0 Å². The van der Waals surface area contributed by atoms with E-state index < -0.39 is 0 Å². The molecule has 0 spiro atoms. The molecule has 2 aromatic carbocycles. The number of hydrogen-bond donors (Lipinski definition) is 1. The number of nitrogens with one attached hydrogen (secondary N) is 1. The molecule has 7 heteroatoms. The van der Waals surface area contributed by atoms with Crippen LogP contribution in [0.3, 0.4) is 0 Å². The lowest BCUT2D eigenvalue weighted by Crippen LogP contribution is -2.43. The highest BCUT2D eigenvalue weighted by molar-refractivity contribution is 7.18. The third-order valence-electron chi connectivity index (χ3n) is 4.93. The van der Waals surface area contributed by atoms with Crippen molar-refractivity contribution in [1.29, 1.82) is 0 Å². The van der Waals surface area contributed by atoms with E-state index in [1.54, 1.807) is 40.5 Å². The van der Waals surface area contributed by atoms with Crippen LogP contribution in [-0.2, 0) is 4.79 Å². The molecule has 3 aromatic rings. The molecular formula is C21H20ClN3O2S. The lowest BCUT2D eigenvalue weighted by molar-refractivity contribution is -0.121. The topological polar surface area (TPSA) is 62.3 Å². The molecule has 1 fully saturated rings. The Morgan fingerprint density at radius 1 is 1.21 bits per heavy atom. The fourth-order valence-electron chi connectivity index (χ4n) is 3.51. The van der Waals surface area contributed by atoms with E-state index in [-0.39, 0.29) is 17.7 Å². The maximum atomic E-state index is 12.8. The van der Waals surface area contributed by atoms with Crippen molar-refractivity contribution < 1.29 is 9.59 Å². The fourth-order valence-corrected chi connectivity index (χ4v) is 4.50. The van der Waals surface area contributed by atoms with Gasteiger partial charge in [0.15, 0.2) is 0 Å². The smallest absolute Gasteiger partial charge is 0.253 e. The summed E-state index contributed by atoms with van der Waals surface area (Å²) < 4.78 is 1.05. The van der Waals surface area contributed by atoms with Crippen LogP contribution in [0.15, 0.2) is 42.5 Å². The molecule has 2 amide bonds. The summed E-state index contributed by atoms with van der Waals surface area (Å²) in [6, 6.07) is 12.6. The van der Waals surface area contributed by atoms with Crippen LogP contribution in [0.2, 0.25) is 5.02 Å². The third kappa shape index (κ3) is 4.03. The zero-order valence-electron chi connectivity index (χ0n) is 15.4. The van der Waals surface area contributed by atoms with Gasteiger partial charge in [0.25, 0.3) is 5.91 Å². The molecule has 4 rings (SSSR count). The normalized spacial score (nSPS) is 16.9. The van der Waals surface area contributed by atoms with Gasteiger partial charge in [0.05, 0.1) is 21.1 Å². The quantitative estimate of drug-likeness (QED) is 0.674. The van der Waals surface area contributed by atoms with Gasteiger partial charge in [0.2, 0.25) is 5.91 Å². The number of thiazole rings is 1. The van der Waals surface area contributed by atoms with E-state index in [0.29, 0.717) is 23.7 Å². The Labute approximate surface area is 172 Å². The van der Waals surface area contributed by atoms with Gasteiger partial charge in [-0.1, -0.05) is 11.6 Å². The van der Waals surface area contributed by atoms with Gasteiger partial charge in [-0.2, -0.15) is 0 Å². The van der Waals surface area contributed by atoms with E-state index in [2.05, 4.69) is 10.3 Å². The first kappa shape index (κ1) is 18.9. The standard InChI is InChI=1S/C21H20ClN3O2S/c1-13-23-18-9-8-17(11-19(18)28-13)24-20(26)15-3-2-10-25(12-15)21(27)14-4-6-16(22)7-5-14/h4-9,11,15H,2-3,10,12H2,1H3,(H,24,26)/t15-/m1/s1. The molecular weight excluding hydrogens is 394 g/mol. The molecule has 0 saturated carbocycles. The van der Waals surface area contributed by atoms with Gasteiger partial charge in [0.1, 0.15) is 0 Å². The molecule has 0 radical (unpaired) electrons. The Morgan fingerprint density at radius 2 is 2.00 bits per heavy atom. The lowest BCUT2D eigenvalue weighted by atomic mass is 9.96. The predicted octanol–water partition coefficient (Wildman–Crippen LogP) is 4.75. The number of nitrogens with zero attached hydrogens (tertiary/aromatic N) is 2. The van der Waals surface area contributed by atoms with E-state index in [1.807, 2.05) is 25.1 Å². The highest BCUT2D eigenvalue weighted by Crippen LogP contribution is 2.26. The molecule has 1 aliphatic heterocycles. The van der Waals surface area contributed by atoms with Crippen LogP contribution in [0.25, 0.3) is 10.2 Å². The summed E-state index contributed by atoms with van der Waals surface area (Å²) in [5, 5.41) is 4.60. The number of anilines is 1. The molecule has 1 aliphatic rings. The van der Waals surface area contributed by atoms with Crippen LogP contribution in [-0.4, -0.2) is 34.8 Å². The number of carbonyl (C=O) groups excluding carboxylic acids is 2. The largest absolute Gasteiger partial charge is 0.338 e. The molecule has 2 heterocycles. The van der Waals surface area contributed by atoms with Crippen LogP contribution in [0.1, 0.15) is 28.2 Å². The number of hydrogen-bond acceptors (Lipinski definition) is 4. The molecule has 28 heavy (non-hydrogen) atoms. The van der Waals surface area contributed by atoms with E-state index in [4.69, 9.17) is 11.6 Å². The first-order valence-electron chi connectivity index (χ1n) is 9.22. The molecule has 5 nitrogen and oxygen atoms in total. The number of aryl methyl sites for hydroxylation is 1. The van der Waals surface area contributed by atoms with Crippen LogP contribution >= 0.6 is 22.9 Å². The van der Waals surface area contributed by atoms with Crippen molar-refractivity contribution in [2.24, 2.45) is 5.92 Å². The maximum Gasteiger partial charge on any atom is 0.253 e. The summed E-state index contributed by atoms with van der Waals surface area (Å²) in [5.41, 5.74) is 2.30. The summed E-state index contributed by atoms with van der Waals surface area (Å²) in [7, 11) is 0. The second-order valence-corrected chi connectivity index (χ2v) is 8.67. The molecule has 1 aromatic heterocycles. The van der Waals surface area contributed by atoms with E-state index in [1.165, 1.54) is 0 Å². The summed E-state index contributed by atoms with van der Waals surface area (Å²) in [6.07, 6.45) is 1.59. The minimum Gasteiger partial charge on any atom is -0.338 e. The Kier molecular flexibility index (Phi) is 5.33. The van der Waals surface area contributed by atoms with Gasteiger partial charge in [-0.15, -0.1) is 11.3 Å². The van der Waals surface area contributed by atoms with Crippen molar-refractivity contribution in [2.45, 2.75) is 19.8 Å². The molecule has 0 unspecified atom stereocenters. The molecule has 1 saturated heterocycles. The van der Waals surface area contributed by atoms with Gasteiger partial charge in [-0.3, -0.25) is 9.59 Å². The number of benzene rings is 2. The molecule has 0 aliphatic carbocycles. The minimum atomic E-state index is -0.219. The number of amides is 2. The molecule has 144 valence electrons. The number of fused-ring (bicyclic) bond motifs is 1.